The summed E-state index contributed by atoms with van der Waals surface area (Å²) in [4.78, 5) is 19.9. The number of rotatable bonds is 5. The van der Waals surface area contributed by atoms with Crippen LogP contribution in [0.15, 0.2) is 82.4 Å². The molecule has 41 heavy (non-hydrogen) atoms. The van der Waals surface area contributed by atoms with Crippen molar-refractivity contribution in [3.8, 4) is 11.4 Å². The van der Waals surface area contributed by atoms with Crippen LogP contribution in [0.2, 0.25) is 5.02 Å². The van der Waals surface area contributed by atoms with E-state index in [1.165, 1.54) is 12.5 Å². The van der Waals surface area contributed by atoms with Gasteiger partial charge in [-0.05, 0) is 83.4 Å². The van der Waals surface area contributed by atoms with Crippen LogP contribution in [0.25, 0.3) is 16.6 Å². The van der Waals surface area contributed by atoms with Crippen molar-refractivity contribution < 1.29 is 9.53 Å². The number of aliphatic imine (C=N–C) groups is 1. The monoisotopic (exact) mass is 630 g/mol. The molecular weight excluding hydrogens is 604 g/mol. The minimum atomic E-state index is 0.00944. The average molecular weight is 632 g/mol. The summed E-state index contributed by atoms with van der Waals surface area (Å²) in [5.74, 6) is 2.45. The van der Waals surface area contributed by atoms with Gasteiger partial charge in [0.25, 0.3) is 0 Å². The van der Waals surface area contributed by atoms with Crippen LogP contribution in [-0.2, 0) is 17.8 Å². The number of benzene rings is 3. The van der Waals surface area contributed by atoms with E-state index >= 15 is 0 Å². The molecule has 2 aromatic heterocycles. The number of pyridine rings is 1. The molecule has 1 aliphatic rings. The Balaban J connectivity index is 0.000000175. The fourth-order valence-electron chi connectivity index (χ4n) is 4.63. The molecule has 1 N–H and O–H groups in total. The number of methoxy groups -OCH3 is 1. The molecule has 0 bridgehead atoms. The van der Waals surface area contributed by atoms with Gasteiger partial charge in [0.05, 0.1) is 24.0 Å². The van der Waals surface area contributed by atoms with E-state index in [2.05, 4.69) is 42.5 Å². The second kappa shape index (κ2) is 12.6. The maximum Gasteiger partial charge on any atom is 0.216 e. The van der Waals surface area contributed by atoms with E-state index in [0.717, 1.165) is 61.7 Å². The Bertz CT molecular complexity index is 1750. The molecule has 0 spiro atoms. The maximum absolute atomic E-state index is 10.8. The van der Waals surface area contributed by atoms with E-state index < -0.39 is 0 Å². The maximum atomic E-state index is 10.8. The van der Waals surface area contributed by atoms with Gasteiger partial charge in [0, 0.05) is 45.7 Å². The molecule has 0 fully saturated rings. The molecule has 8 nitrogen and oxygen atoms in total. The molecule has 0 saturated carbocycles. The number of fused-ring (bicyclic) bond motifs is 4. The van der Waals surface area contributed by atoms with Gasteiger partial charge in [-0.15, -0.1) is 10.2 Å². The smallest absolute Gasteiger partial charge is 0.216 e. The number of halogens is 2. The second-order valence-corrected chi connectivity index (χ2v) is 10.8. The molecular formula is C31H28BrClN6O2. The number of nitrogens with one attached hydrogen (secondary N) is 1. The van der Waals surface area contributed by atoms with Gasteiger partial charge in [0.1, 0.15) is 18.1 Å². The van der Waals surface area contributed by atoms with Crippen molar-refractivity contribution in [2.24, 2.45) is 4.99 Å². The summed E-state index contributed by atoms with van der Waals surface area (Å²) in [6.07, 6.45) is 2.63. The van der Waals surface area contributed by atoms with E-state index in [1.54, 1.807) is 13.3 Å². The molecule has 0 atom stereocenters. The van der Waals surface area contributed by atoms with Gasteiger partial charge < -0.3 is 10.1 Å². The van der Waals surface area contributed by atoms with Crippen LogP contribution in [0.5, 0.6) is 5.75 Å². The minimum absolute atomic E-state index is 0.00944. The van der Waals surface area contributed by atoms with E-state index in [9.17, 15) is 4.79 Å². The number of amides is 1. The number of hydrogen-bond donors (Lipinski definition) is 1. The van der Waals surface area contributed by atoms with Crippen LogP contribution in [0.4, 0.5) is 0 Å². The van der Waals surface area contributed by atoms with Gasteiger partial charge in [0.2, 0.25) is 5.91 Å². The summed E-state index contributed by atoms with van der Waals surface area (Å²) in [6.45, 7) is 4.61. The normalized spacial score (nSPS) is 11.9. The van der Waals surface area contributed by atoms with E-state index in [4.69, 9.17) is 21.3 Å². The molecule has 0 unspecified atom stereocenters. The van der Waals surface area contributed by atoms with Gasteiger partial charge in [0.15, 0.2) is 5.82 Å². The van der Waals surface area contributed by atoms with Gasteiger partial charge in [-0.1, -0.05) is 29.8 Å². The third-order valence-electron chi connectivity index (χ3n) is 6.59. The lowest BCUT2D eigenvalue weighted by Gasteiger charge is -2.14. The predicted molar refractivity (Wildman–Crippen MR) is 165 cm³/mol. The lowest BCUT2D eigenvalue weighted by molar-refractivity contribution is -0.118. The van der Waals surface area contributed by atoms with E-state index in [-0.39, 0.29) is 5.91 Å². The third kappa shape index (κ3) is 6.64. The van der Waals surface area contributed by atoms with E-state index in [0.29, 0.717) is 18.1 Å². The number of aryl methyl sites for hydroxylation is 1. The Labute approximate surface area is 251 Å². The van der Waals surface area contributed by atoms with Crippen molar-refractivity contribution >= 4 is 50.1 Å². The molecule has 6 rings (SSSR count). The number of aromatic nitrogens is 4. The summed E-state index contributed by atoms with van der Waals surface area (Å²) in [5, 5.41) is 13.0. The van der Waals surface area contributed by atoms with Crippen LogP contribution in [0, 0.1) is 6.92 Å². The van der Waals surface area contributed by atoms with Gasteiger partial charge in [-0.2, -0.15) is 0 Å². The molecule has 3 aromatic carbocycles. The van der Waals surface area contributed by atoms with Crippen molar-refractivity contribution in [3.05, 3.63) is 111 Å². The van der Waals surface area contributed by atoms with Crippen LogP contribution in [0.1, 0.15) is 35.3 Å². The number of carbonyl (C=O) groups is 1. The van der Waals surface area contributed by atoms with Gasteiger partial charge in [-0.25, -0.2) is 0 Å². The topological polar surface area (TPSA) is 94.3 Å². The highest BCUT2D eigenvalue weighted by molar-refractivity contribution is 9.10. The molecule has 0 aliphatic carbocycles. The SMILES string of the molecule is CC(=O)NCCc1ccc2ncc(Br)cc2c1.COc1ccc2c(c1)C(c1ccc(Cl)cc1)=NCc1nnc(C)n1-2. The summed E-state index contributed by atoms with van der Waals surface area (Å²) >= 11 is 9.43. The standard InChI is InChI=1S/C18H15ClN4O.C13H13BrN2O/c1-11-21-22-17-10-20-18(12-3-5-13(19)6-4-12)15-9-14(24-2)7-8-16(15)23(11)17;1-9(17)15-5-4-10-2-3-13-11(6-10)7-12(14)8-16-13/h3-9H,10H2,1-2H3;2-3,6-8H,4-5H2,1H3,(H,15,17). The zero-order valence-electron chi connectivity index (χ0n) is 22.9. The van der Waals surface area contributed by atoms with Crippen LogP contribution in [-0.4, -0.2) is 45.0 Å². The number of ether oxygens (including phenoxy) is 1. The Hall–Kier alpha value is -4.08. The first-order valence-electron chi connectivity index (χ1n) is 13.0. The molecule has 3 heterocycles. The van der Waals surface area contributed by atoms with Crippen LogP contribution in [0.3, 0.4) is 0 Å². The summed E-state index contributed by atoms with van der Waals surface area (Å²) in [7, 11) is 1.66. The first kappa shape index (κ1) is 28.4. The third-order valence-corrected chi connectivity index (χ3v) is 7.27. The van der Waals surface area contributed by atoms with Gasteiger partial charge >= 0.3 is 0 Å². The van der Waals surface area contributed by atoms with Crippen molar-refractivity contribution in [1.29, 1.82) is 0 Å². The largest absolute Gasteiger partial charge is 0.497 e. The first-order chi connectivity index (χ1) is 19.8. The quantitative estimate of drug-likeness (QED) is 0.247. The molecule has 5 aromatic rings. The van der Waals surface area contributed by atoms with E-state index in [1.807, 2.05) is 72.2 Å². The Morgan fingerprint density at radius 2 is 1.88 bits per heavy atom. The van der Waals surface area contributed by atoms with Crippen molar-refractivity contribution in [1.82, 2.24) is 25.1 Å². The number of hydrogen-bond acceptors (Lipinski definition) is 6. The molecule has 1 amide bonds. The average Bonchev–Trinajstić information content (AvgIpc) is 3.24. The summed E-state index contributed by atoms with van der Waals surface area (Å²) in [6, 6.07) is 21.8. The Morgan fingerprint density at radius 1 is 1.07 bits per heavy atom. The van der Waals surface area contributed by atoms with Gasteiger partial charge in [-0.3, -0.25) is 19.3 Å². The highest BCUT2D eigenvalue weighted by atomic mass is 79.9. The fraction of sp³-hybridized carbons (Fsp3) is 0.194. The summed E-state index contributed by atoms with van der Waals surface area (Å²) in [5.41, 5.74) is 6.07. The minimum Gasteiger partial charge on any atom is -0.497 e. The van der Waals surface area contributed by atoms with Crippen molar-refractivity contribution in [2.45, 2.75) is 26.8 Å². The number of nitrogens with zero attached hydrogens (tertiary/aromatic N) is 5. The fourth-order valence-corrected chi connectivity index (χ4v) is 5.11. The highest BCUT2D eigenvalue weighted by Crippen LogP contribution is 2.29. The Morgan fingerprint density at radius 3 is 2.63 bits per heavy atom. The predicted octanol–water partition coefficient (Wildman–Crippen LogP) is 6.26. The highest BCUT2D eigenvalue weighted by Gasteiger charge is 2.22. The zero-order valence-corrected chi connectivity index (χ0v) is 25.2. The molecule has 10 heteroatoms. The van der Waals surface area contributed by atoms with Crippen molar-refractivity contribution in [2.75, 3.05) is 13.7 Å². The zero-order chi connectivity index (χ0) is 28.9. The lowest BCUT2D eigenvalue weighted by atomic mass is 10.00. The van der Waals surface area contributed by atoms with Crippen molar-refractivity contribution in [3.63, 3.8) is 0 Å². The molecule has 0 saturated heterocycles. The summed E-state index contributed by atoms with van der Waals surface area (Å²) < 4.78 is 8.43. The first-order valence-corrected chi connectivity index (χ1v) is 14.2. The Kier molecular flexibility index (Phi) is 8.75. The van der Waals surface area contributed by atoms with Crippen LogP contribution >= 0.6 is 27.5 Å². The lowest BCUT2D eigenvalue weighted by Crippen LogP contribution is -2.22. The molecule has 0 radical (unpaired) electrons. The molecule has 208 valence electrons. The molecule has 1 aliphatic heterocycles. The van der Waals surface area contributed by atoms with Crippen LogP contribution < -0.4 is 10.1 Å². The second-order valence-electron chi connectivity index (χ2n) is 9.47. The number of carbonyl (C=O) groups excluding carboxylic acids is 1.